The molecule has 2 saturated heterocycles. The largest absolute Gasteiger partial charge is 0.507 e. The lowest BCUT2D eigenvalue weighted by Gasteiger charge is -2.49. The van der Waals surface area contributed by atoms with E-state index in [9.17, 15) is 28.7 Å². The Labute approximate surface area is 275 Å². The summed E-state index contributed by atoms with van der Waals surface area (Å²) in [6, 6.07) is 24.1. The van der Waals surface area contributed by atoms with Gasteiger partial charge in [0.25, 0.3) is 0 Å². The number of phenols is 1. The van der Waals surface area contributed by atoms with Crippen LogP contribution in [0.15, 0.2) is 96.6 Å². The maximum Gasteiger partial charge on any atom is 0.241 e. The van der Waals surface area contributed by atoms with Gasteiger partial charge in [0.15, 0.2) is 0 Å². The van der Waals surface area contributed by atoms with Gasteiger partial charge in [-0.15, -0.1) is 0 Å². The number of carbonyl (C=O) groups excluding carboxylic acids is 4. The highest BCUT2D eigenvalue weighted by molar-refractivity contribution is 6.31. The third-order valence-electron chi connectivity index (χ3n) is 11.0. The van der Waals surface area contributed by atoms with Gasteiger partial charge in [0.1, 0.15) is 11.6 Å². The number of imide groups is 2. The van der Waals surface area contributed by atoms with Gasteiger partial charge in [-0.3, -0.25) is 24.1 Å². The number of hydrogen-bond donors (Lipinski definition) is 1. The summed E-state index contributed by atoms with van der Waals surface area (Å²) in [6.45, 7) is 1.90. The summed E-state index contributed by atoms with van der Waals surface area (Å²) < 4.78 is 14.2. The minimum atomic E-state index is -1.36. The summed E-state index contributed by atoms with van der Waals surface area (Å²) in [4.78, 5) is 59.3. The maximum absolute atomic E-state index is 14.6. The van der Waals surface area contributed by atoms with Gasteiger partial charge in [-0.25, -0.2) is 9.29 Å². The molecule has 2 heterocycles. The predicted octanol–water partition coefficient (Wildman–Crippen LogP) is 6.77. The Hall–Kier alpha value is -4.82. The monoisotopic (exact) mass is 648 g/mol. The standard InChI is InChI=1S/C38H30ClFN2O5/c1-38-28(35(45)42(37(38)47)22-12-16-30(40)29(39)17-22)18-27-24(32(38)26-13-11-21-9-5-6-10-23(21)33(26)43)14-15-25-31(27)36(46)41(34(25)44)19-20-7-3-2-4-8-20/h2-14,16-17,25,27-28,31-32,43H,15,18-19H2,1H3/t25-,27+,28-,31-,32+,38+/m0/s1. The van der Waals surface area contributed by atoms with Crippen LogP contribution in [-0.2, 0) is 25.7 Å². The molecular formula is C38H30ClFN2O5. The van der Waals surface area contributed by atoms with E-state index in [-0.39, 0.29) is 41.2 Å². The number of fused-ring (bicyclic) bond motifs is 5. The number of aromatic hydroxyl groups is 1. The number of phenolic OH excluding ortho intramolecular Hbond substituents is 1. The smallest absolute Gasteiger partial charge is 0.241 e. The molecule has 2 aliphatic heterocycles. The number of allylic oxidation sites excluding steroid dienone is 2. The van der Waals surface area contributed by atoms with Gasteiger partial charge in [0.2, 0.25) is 23.6 Å². The minimum absolute atomic E-state index is 0.000182. The Balaban J connectivity index is 1.28. The van der Waals surface area contributed by atoms with Crippen LogP contribution in [-0.4, -0.2) is 33.6 Å². The second-order valence-corrected chi connectivity index (χ2v) is 13.6. The van der Waals surface area contributed by atoms with Gasteiger partial charge in [-0.1, -0.05) is 90.0 Å². The first-order valence-corrected chi connectivity index (χ1v) is 16.1. The van der Waals surface area contributed by atoms with Crippen molar-refractivity contribution in [3.05, 3.63) is 119 Å². The molecule has 4 amide bonds. The number of halogens is 2. The van der Waals surface area contributed by atoms with Crippen molar-refractivity contribution in [1.29, 1.82) is 0 Å². The second-order valence-electron chi connectivity index (χ2n) is 13.2. The van der Waals surface area contributed by atoms with E-state index in [1.165, 1.54) is 17.0 Å². The molecule has 4 aromatic carbocycles. The van der Waals surface area contributed by atoms with Crippen LogP contribution < -0.4 is 4.90 Å². The lowest BCUT2D eigenvalue weighted by atomic mass is 9.51. The third kappa shape index (κ3) is 4.17. The van der Waals surface area contributed by atoms with E-state index in [0.717, 1.165) is 27.5 Å². The predicted molar refractivity (Wildman–Crippen MR) is 174 cm³/mol. The molecule has 236 valence electrons. The number of amides is 4. The summed E-state index contributed by atoms with van der Waals surface area (Å²) in [5.41, 5.74) is 0.880. The van der Waals surface area contributed by atoms with Gasteiger partial charge in [0, 0.05) is 16.9 Å². The SMILES string of the molecule is C[C@@]12C(=O)N(c3ccc(F)c(Cl)c3)C(=O)[C@@H]1C[C@@H]1C(=CC[C@@H]3C(=O)N(Cc4ccccc4)C(=O)[C@@H]31)[C@@H]2c1ccc2ccccc2c1O. The van der Waals surface area contributed by atoms with Crippen molar-refractivity contribution < 1.29 is 28.7 Å². The summed E-state index contributed by atoms with van der Waals surface area (Å²) >= 11 is 6.10. The van der Waals surface area contributed by atoms with Crippen LogP contribution in [0.1, 0.15) is 36.8 Å². The molecule has 8 rings (SSSR count). The highest BCUT2D eigenvalue weighted by Gasteiger charge is 2.68. The molecule has 2 aliphatic carbocycles. The Kier molecular flexibility index (Phi) is 6.67. The van der Waals surface area contributed by atoms with Crippen LogP contribution in [0.25, 0.3) is 10.8 Å². The van der Waals surface area contributed by atoms with E-state index >= 15 is 0 Å². The molecule has 0 unspecified atom stereocenters. The lowest BCUT2D eigenvalue weighted by molar-refractivity contribution is -0.141. The van der Waals surface area contributed by atoms with Crippen molar-refractivity contribution in [1.82, 2.24) is 4.90 Å². The van der Waals surface area contributed by atoms with Crippen molar-refractivity contribution in [2.45, 2.75) is 32.2 Å². The van der Waals surface area contributed by atoms with E-state index in [1.54, 1.807) is 19.1 Å². The molecule has 9 heteroatoms. The van der Waals surface area contributed by atoms with Crippen molar-refractivity contribution in [3.63, 3.8) is 0 Å². The fraction of sp³-hybridized carbons (Fsp3) is 0.263. The van der Waals surface area contributed by atoms with Crippen molar-refractivity contribution in [2.24, 2.45) is 29.1 Å². The quantitative estimate of drug-likeness (QED) is 0.195. The molecule has 0 radical (unpaired) electrons. The topological polar surface area (TPSA) is 95.0 Å². The molecule has 6 atom stereocenters. The lowest BCUT2D eigenvalue weighted by Crippen LogP contribution is -2.48. The number of anilines is 1. The fourth-order valence-corrected chi connectivity index (χ4v) is 8.90. The molecular weight excluding hydrogens is 619 g/mol. The molecule has 1 N–H and O–H groups in total. The Bertz CT molecular complexity index is 2060. The molecule has 0 aromatic heterocycles. The molecule has 3 fully saturated rings. The Morgan fingerprint density at radius 3 is 2.40 bits per heavy atom. The zero-order chi connectivity index (χ0) is 32.8. The van der Waals surface area contributed by atoms with Gasteiger partial charge in [-0.05, 0) is 54.8 Å². The van der Waals surface area contributed by atoms with Crippen molar-refractivity contribution in [3.8, 4) is 5.75 Å². The highest BCUT2D eigenvalue weighted by Crippen LogP contribution is 2.64. The van der Waals surface area contributed by atoms with Crippen LogP contribution in [0.2, 0.25) is 5.02 Å². The minimum Gasteiger partial charge on any atom is -0.507 e. The summed E-state index contributed by atoms with van der Waals surface area (Å²) in [5.74, 6) is -5.66. The molecule has 0 bridgehead atoms. The number of carbonyl (C=O) groups is 4. The molecule has 1 saturated carbocycles. The average molecular weight is 649 g/mol. The van der Waals surface area contributed by atoms with Crippen LogP contribution in [0, 0.1) is 34.9 Å². The Morgan fingerprint density at radius 1 is 0.894 bits per heavy atom. The molecule has 47 heavy (non-hydrogen) atoms. The van der Waals surface area contributed by atoms with Gasteiger partial charge in [0.05, 0.1) is 40.4 Å². The summed E-state index contributed by atoms with van der Waals surface area (Å²) in [6.07, 6.45) is 2.43. The first-order chi connectivity index (χ1) is 22.6. The number of rotatable bonds is 4. The molecule has 4 aromatic rings. The Morgan fingerprint density at radius 2 is 1.64 bits per heavy atom. The van der Waals surface area contributed by atoms with E-state index in [1.807, 2.05) is 60.7 Å². The molecule has 7 nitrogen and oxygen atoms in total. The number of benzene rings is 4. The zero-order valence-corrected chi connectivity index (χ0v) is 26.2. The first-order valence-electron chi connectivity index (χ1n) is 15.7. The maximum atomic E-state index is 14.6. The average Bonchev–Trinajstić information content (AvgIpc) is 3.43. The number of hydrogen-bond acceptors (Lipinski definition) is 5. The summed E-state index contributed by atoms with van der Waals surface area (Å²) in [7, 11) is 0. The number of nitrogens with zero attached hydrogens (tertiary/aromatic N) is 2. The van der Waals surface area contributed by atoms with E-state index < -0.39 is 52.6 Å². The van der Waals surface area contributed by atoms with Crippen molar-refractivity contribution >= 4 is 51.7 Å². The number of likely N-dealkylation sites (tertiary alicyclic amines) is 1. The fourth-order valence-electron chi connectivity index (χ4n) is 8.72. The van der Waals surface area contributed by atoms with Crippen LogP contribution in [0.4, 0.5) is 10.1 Å². The first kappa shape index (κ1) is 29.6. The van der Waals surface area contributed by atoms with Gasteiger partial charge in [-0.2, -0.15) is 0 Å². The van der Waals surface area contributed by atoms with Crippen molar-refractivity contribution in [2.75, 3.05) is 4.90 Å². The van der Waals surface area contributed by atoms with Crippen LogP contribution in [0.5, 0.6) is 5.75 Å². The third-order valence-corrected chi connectivity index (χ3v) is 11.2. The van der Waals surface area contributed by atoms with Gasteiger partial charge < -0.3 is 5.11 Å². The second kappa shape index (κ2) is 10.6. The summed E-state index contributed by atoms with van der Waals surface area (Å²) in [5, 5.41) is 13.0. The van der Waals surface area contributed by atoms with E-state index in [0.29, 0.717) is 17.4 Å². The zero-order valence-electron chi connectivity index (χ0n) is 25.4. The van der Waals surface area contributed by atoms with Crippen LogP contribution >= 0.6 is 11.6 Å². The normalized spacial score (nSPS) is 28.4. The van der Waals surface area contributed by atoms with E-state index in [4.69, 9.17) is 11.6 Å². The van der Waals surface area contributed by atoms with Gasteiger partial charge >= 0.3 is 0 Å². The molecule has 0 spiro atoms. The van der Waals surface area contributed by atoms with E-state index in [2.05, 4.69) is 0 Å². The molecule has 4 aliphatic rings. The highest BCUT2D eigenvalue weighted by atomic mass is 35.5. The van der Waals surface area contributed by atoms with Crippen LogP contribution in [0.3, 0.4) is 0 Å².